The lowest BCUT2D eigenvalue weighted by molar-refractivity contribution is -0.127. The molecule has 1 aromatic heterocycles. The maximum atomic E-state index is 13.2. The highest BCUT2D eigenvalue weighted by molar-refractivity contribution is 5.79. The Kier molecular flexibility index (Phi) is 8.15. The standard InChI is InChI=1S/C28H33N3O3/c1-33-26-14-21(15-27(17-26)34-2)18-31-19-23(22-8-4-3-5-9-22)16-24(20-31)28(32)30-13-11-25-10-6-7-12-29-25/h3-10,12,14-15,17,23-24H,11,13,16,18-20H2,1-2H3,(H,30,32). The Bertz CT molecular complexity index is 1040. The number of ether oxygens (including phenoxy) is 2. The van der Waals surface area contributed by atoms with Crippen LogP contribution in [0.3, 0.4) is 0 Å². The van der Waals surface area contributed by atoms with E-state index in [-0.39, 0.29) is 11.8 Å². The molecule has 1 fully saturated rings. The Labute approximate surface area is 201 Å². The highest BCUT2D eigenvalue weighted by Gasteiger charge is 2.32. The molecule has 6 heteroatoms. The first-order chi connectivity index (χ1) is 16.6. The van der Waals surface area contributed by atoms with Crippen LogP contribution in [-0.4, -0.2) is 49.6 Å². The van der Waals surface area contributed by atoms with Crippen LogP contribution in [0.1, 0.15) is 29.2 Å². The summed E-state index contributed by atoms with van der Waals surface area (Å²) in [6, 6.07) is 22.3. The van der Waals surface area contributed by atoms with Crippen molar-refractivity contribution in [3.05, 3.63) is 89.7 Å². The van der Waals surface area contributed by atoms with Gasteiger partial charge < -0.3 is 14.8 Å². The fraction of sp³-hybridized carbons (Fsp3) is 0.357. The number of methoxy groups -OCH3 is 2. The fourth-order valence-electron chi connectivity index (χ4n) is 4.70. The third kappa shape index (κ3) is 6.35. The number of aromatic nitrogens is 1. The van der Waals surface area contributed by atoms with Gasteiger partial charge in [0, 0.05) is 50.6 Å². The van der Waals surface area contributed by atoms with Crippen molar-refractivity contribution in [3.63, 3.8) is 0 Å². The highest BCUT2D eigenvalue weighted by atomic mass is 16.5. The zero-order chi connectivity index (χ0) is 23.8. The minimum Gasteiger partial charge on any atom is -0.497 e. The second-order valence-corrected chi connectivity index (χ2v) is 8.82. The van der Waals surface area contributed by atoms with Crippen LogP contribution in [-0.2, 0) is 17.8 Å². The molecular weight excluding hydrogens is 426 g/mol. The van der Waals surface area contributed by atoms with Gasteiger partial charge in [-0.2, -0.15) is 0 Å². The van der Waals surface area contributed by atoms with Crippen LogP contribution in [0, 0.1) is 5.92 Å². The van der Waals surface area contributed by atoms with Crippen molar-refractivity contribution in [3.8, 4) is 11.5 Å². The Morgan fingerprint density at radius 1 is 1.00 bits per heavy atom. The molecule has 0 aliphatic carbocycles. The second-order valence-electron chi connectivity index (χ2n) is 8.82. The number of carbonyl (C=O) groups excluding carboxylic acids is 1. The molecule has 0 radical (unpaired) electrons. The van der Waals surface area contributed by atoms with Crippen molar-refractivity contribution < 1.29 is 14.3 Å². The van der Waals surface area contributed by atoms with E-state index in [0.717, 1.165) is 55.2 Å². The van der Waals surface area contributed by atoms with Crippen LogP contribution in [0.2, 0.25) is 0 Å². The van der Waals surface area contributed by atoms with Crippen molar-refractivity contribution in [2.24, 2.45) is 5.92 Å². The van der Waals surface area contributed by atoms with Crippen molar-refractivity contribution in [2.45, 2.75) is 25.3 Å². The molecule has 0 saturated carbocycles. The number of likely N-dealkylation sites (tertiary alicyclic amines) is 1. The van der Waals surface area contributed by atoms with E-state index in [4.69, 9.17) is 9.47 Å². The van der Waals surface area contributed by atoms with Crippen molar-refractivity contribution in [1.29, 1.82) is 0 Å². The second kappa shape index (κ2) is 11.7. The molecule has 0 bridgehead atoms. The predicted octanol–water partition coefficient (Wildman–Crippen LogP) is 4.06. The minimum absolute atomic E-state index is 0.0739. The van der Waals surface area contributed by atoms with Gasteiger partial charge in [0.05, 0.1) is 20.1 Å². The number of pyridine rings is 1. The van der Waals surface area contributed by atoms with E-state index in [1.165, 1.54) is 5.56 Å². The minimum atomic E-state index is -0.0739. The van der Waals surface area contributed by atoms with Crippen LogP contribution in [0.25, 0.3) is 0 Å². The van der Waals surface area contributed by atoms with Gasteiger partial charge in [-0.25, -0.2) is 0 Å². The predicted molar refractivity (Wildman–Crippen MR) is 133 cm³/mol. The van der Waals surface area contributed by atoms with Gasteiger partial charge in [0.1, 0.15) is 11.5 Å². The smallest absolute Gasteiger partial charge is 0.224 e. The Hall–Kier alpha value is -3.38. The first kappa shape index (κ1) is 23.8. The number of hydrogen-bond acceptors (Lipinski definition) is 5. The molecule has 1 aliphatic heterocycles. The first-order valence-electron chi connectivity index (χ1n) is 11.8. The molecule has 1 aliphatic rings. The zero-order valence-electron chi connectivity index (χ0n) is 19.9. The molecule has 1 saturated heterocycles. The van der Waals surface area contributed by atoms with E-state index >= 15 is 0 Å². The maximum Gasteiger partial charge on any atom is 0.224 e. The van der Waals surface area contributed by atoms with E-state index in [1.807, 2.05) is 42.5 Å². The van der Waals surface area contributed by atoms with Crippen LogP contribution in [0.5, 0.6) is 11.5 Å². The van der Waals surface area contributed by atoms with Gasteiger partial charge in [0.15, 0.2) is 0 Å². The summed E-state index contributed by atoms with van der Waals surface area (Å²) in [6.45, 7) is 2.95. The summed E-state index contributed by atoms with van der Waals surface area (Å²) < 4.78 is 10.9. The SMILES string of the molecule is COc1cc(CN2CC(C(=O)NCCc3ccccn3)CC(c3ccccc3)C2)cc(OC)c1. The maximum absolute atomic E-state index is 13.2. The van der Waals surface area contributed by atoms with Crippen LogP contribution in [0.4, 0.5) is 0 Å². The van der Waals surface area contributed by atoms with Crippen LogP contribution in [0.15, 0.2) is 72.9 Å². The zero-order valence-corrected chi connectivity index (χ0v) is 19.9. The lowest BCUT2D eigenvalue weighted by Crippen LogP contribution is -2.45. The fourth-order valence-corrected chi connectivity index (χ4v) is 4.70. The Morgan fingerprint density at radius 2 is 1.74 bits per heavy atom. The molecule has 1 N–H and O–H groups in total. The summed E-state index contributed by atoms with van der Waals surface area (Å²) in [6.07, 6.45) is 3.36. The number of piperidine rings is 1. The summed E-state index contributed by atoms with van der Waals surface area (Å²) >= 11 is 0. The van der Waals surface area contributed by atoms with Gasteiger partial charge in [-0.15, -0.1) is 0 Å². The number of nitrogens with one attached hydrogen (secondary N) is 1. The largest absolute Gasteiger partial charge is 0.497 e. The first-order valence-corrected chi connectivity index (χ1v) is 11.8. The molecule has 0 spiro atoms. The molecule has 2 atom stereocenters. The number of nitrogens with zero attached hydrogens (tertiary/aromatic N) is 2. The summed E-state index contributed by atoms with van der Waals surface area (Å²) in [5, 5.41) is 3.15. The molecule has 3 aromatic rings. The van der Waals surface area contributed by atoms with E-state index in [9.17, 15) is 4.79 Å². The molecular formula is C28H33N3O3. The van der Waals surface area contributed by atoms with Gasteiger partial charge in [-0.3, -0.25) is 14.7 Å². The molecule has 34 heavy (non-hydrogen) atoms. The summed E-state index contributed by atoms with van der Waals surface area (Å²) in [4.78, 5) is 19.9. The third-order valence-corrected chi connectivity index (χ3v) is 6.39. The highest BCUT2D eigenvalue weighted by Crippen LogP contribution is 2.32. The van der Waals surface area contributed by atoms with Gasteiger partial charge >= 0.3 is 0 Å². The molecule has 2 aromatic carbocycles. The number of amides is 1. The third-order valence-electron chi connectivity index (χ3n) is 6.39. The summed E-state index contributed by atoms with van der Waals surface area (Å²) in [5.41, 5.74) is 3.38. The van der Waals surface area contributed by atoms with Crippen LogP contribution >= 0.6 is 0 Å². The molecule has 178 valence electrons. The molecule has 4 rings (SSSR count). The Balaban J connectivity index is 1.46. The number of benzene rings is 2. The number of rotatable bonds is 9. The van der Waals surface area contributed by atoms with Crippen molar-refractivity contribution in [1.82, 2.24) is 15.2 Å². The lowest BCUT2D eigenvalue weighted by Gasteiger charge is -2.37. The quantitative estimate of drug-likeness (QED) is 0.523. The van der Waals surface area contributed by atoms with Crippen LogP contribution < -0.4 is 14.8 Å². The number of carbonyl (C=O) groups is 1. The van der Waals surface area contributed by atoms with Gasteiger partial charge in [0.25, 0.3) is 0 Å². The van der Waals surface area contributed by atoms with E-state index in [1.54, 1.807) is 20.4 Å². The monoisotopic (exact) mass is 459 g/mol. The molecule has 2 unspecified atom stereocenters. The molecule has 6 nitrogen and oxygen atoms in total. The molecule has 2 heterocycles. The van der Waals surface area contributed by atoms with Crippen molar-refractivity contribution in [2.75, 3.05) is 33.9 Å². The van der Waals surface area contributed by atoms with Gasteiger partial charge in [-0.05, 0) is 47.7 Å². The Morgan fingerprint density at radius 3 is 2.41 bits per heavy atom. The summed E-state index contributed by atoms with van der Waals surface area (Å²) in [5.74, 6) is 1.89. The van der Waals surface area contributed by atoms with Crippen molar-refractivity contribution >= 4 is 5.91 Å². The van der Waals surface area contributed by atoms with Gasteiger partial charge in [0.2, 0.25) is 5.91 Å². The number of hydrogen-bond donors (Lipinski definition) is 1. The lowest BCUT2D eigenvalue weighted by atomic mass is 9.84. The summed E-state index contributed by atoms with van der Waals surface area (Å²) in [7, 11) is 3.33. The average molecular weight is 460 g/mol. The van der Waals surface area contributed by atoms with E-state index in [0.29, 0.717) is 12.5 Å². The average Bonchev–Trinajstić information content (AvgIpc) is 2.89. The topological polar surface area (TPSA) is 63.7 Å². The van der Waals surface area contributed by atoms with E-state index in [2.05, 4.69) is 39.5 Å². The van der Waals surface area contributed by atoms with Gasteiger partial charge in [-0.1, -0.05) is 36.4 Å². The normalized spacial score (nSPS) is 18.3. The molecule has 1 amide bonds. The van der Waals surface area contributed by atoms with E-state index < -0.39 is 0 Å².